The van der Waals surface area contributed by atoms with Crippen molar-refractivity contribution < 1.29 is 0 Å². The average Bonchev–Trinajstić information content (AvgIpc) is 2.44. The Kier molecular flexibility index (Phi) is 4.11. The molecule has 116 valence electrons. The van der Waals surface area contributed by atoms with Crippen LogP contribution in [0.1, 0.15) is 50.8 Å². The summed E-state index contributed by atoms with van der Waals surface area (Å²) in [6.07, 6.45) is 3.78. The maximum absolute atomic E-state index is 4.05. The third-order valence-electron chi connectivity index (χ3n) is 5.68. The second-order valence-corrected chi connectivity index (χ2v) is 7.92. The summed E-state index contributed by atoms with van der Waals surface area (Å²) in [5.74, 6) is 0.730. The Morgan fingerprint density at radius 2 is 2.00 bits per heavy atom. The molecule has 1 N–H and O–H groups in total. The van der Waals surface area contributed by atoms with Gasteiger partial charge in [-0.2, -0.15) is 0 Å². The molecule has 0 spiro atoms. The van der Waals surface area contributed by atoms with Crippen molar-refractivity contribution in [2.24, 2.45) is 11.3 Å². The van der Waals surface area contributed by atoms with Gasteiger partial charge in [-0.05, 0) is 55.3 Å². The van der Waals surface area contributed by atoms with E-state index in [2.05, 4.69) is 62.3 Å². The molecule has 2 aliphatic rings. The fourth-order valence-corrected chi connectivity index (χ4v) is 4.20. The summed E-state index contributed by atoms with van der Waals surface area (Å²) in [5, 5.41) is 4.05. The predicted molar refractivity (Wildman–Crippen MR) is 89.5 cm³/mol. The molecule has 0 aromatic heterocycles. The molecule has 1 aromatic carbocycles. The molecule has 1 aliphatic carbocycles. The fraction of sp³-hybridized carbons (Fsp3) is 0.684. The van der Waals surface area contributed by atoms with Gasteiger partial charge in [0.05, 0.1) is 0 Å². The van der Waals surface area contributed by atoms with Crippen LogP contribution >= 0.6 is 0 Å². The number of nitrogens with zero attached hydrogens (tertiary/aromatic N) is 1. The lowest BCUT2D eigenvalue weighted by molar-refractivity contribution is 0.126. The molecule has 0 amide bonds. The summed E-state index contributed by atoms with van der Waals surface area (Å²) >= 11 is 0. The predicted octanol–water partition coefficient (Wildman–Crippen LogP) is 3.63. The highest BCUT2D eigenvalue weighted by Crippen LogP contribution is 2.44. The smallest absolute Gasteiger partial charge is 0.0377 e. The van der Waals surface area contributed by atoms with Gasteiger partial charge < -0.3 is 10.2 Å². The van der Waals surface area contributed by atoms with E-state index < -0.39 is 0 Å². The van der Waals surface area contributed by atoms with Crippen LogP contribution in [-0.4, -0.2) is 31.1 Å². The minimum absolute atomic E-state index is 0.345. The van der Waals surface area contributed by atoms with Gasteiger partial charge in [0, 0.05) is 18.6 Å². The topological polar surface area (TPSA) is 15.3 Å². The summed E-state index contributed by atoms with van der Waals surface area (Å²) in [6.45, 7) is 9.69. The van der Waals surface area contributed by atoms with Crippen LogP contribution in [0.2, 0.25) is 0 Å². The maximum atomic E-state index is 4.05. The first-order valence-corrected chi connectivity index (χ1v) is 8.50. The Hall–Kier alpha value is -0.860. The number of hydrogen-bond donors (Lipinski definition) is 1. The molecule has 1 saturated heterocycles. The summed E-state index contributed by atoms with van der Waals surface area (Å²) in [5.41, 5.74) is 3.44. The molecule has 21 heavy (non-hydrogen) atoms. The van der Waals surface area contributed by atoms with Crippen LogP contribution in [0.25, 0.3) is 0 Å². The number of aryl methyl sites for hydroxylation is 1. The van der Waals surface area contributed by atoms with Crippen molar-refractivity contribution in [3.63, 3.8) is 0 Å². The lowest BCUT2D eigenvalue weighted by Crippen LogP contribution is -2.51. The van der Waals surface area contributed by atoms with E-state index >= 15 is 0 Å². The van der Waals surface area contributed by atoms with Crippen LogP contribution in [-0.2, 0) is 6.42 Å². The third kappa shape index (κ3) is 3.02. The number of rotatable bonds is 2. The molecule has 0 bridgehead atoms. The summed E-state index contributed by atoms with van der Waals surface area (Å²) in [7, 11) is 2.24. The van der Waals surface area contributed by atoms with Gasteiger partial charge in [0.25, 0.3) is 0 Å². The SMILES string of the molecule is CC1CN(C)CCC1NC1c2ccccc2CCC1(C)C. The molecule has 1 aromatic rings. The molecule has 1 heterocycles. The van der Waals surface area contributed by atoms with E-state index in [1.54, 1.807) is 11.1 Å². The summed E-state index contributed by atoms with van der Waals surface area (Å²) < 4.78 is 0. The Morgan fingerprint density at radius 1 is 1.24 bits per heavy atom. The van der Waals surface area contributed by atoms with Crippen LogP contribution in [0, 0.1) is 11.3 Å². The first-order chi connectivity index (χ1) is 9.97. The Balaban J connectivity index is 1.82. The molecule has 0 saturated carbocycles. The first kappa shape index (κ1) is 15.1. The van der Waals surface area contributed by atoms with Gasteiger partial charge in [0.2, 0.25) is 0 Å². The highest BCUT2D eigenvalue weighted by Gasteiger charge is 2.38. The van der Waals surface area contributed by atoms with Crippen LogP contribution in [0.15, 0.2) is 24.3 Å². The quantitative estimate of drug-likeness (QED) is 0.893. The van der Waals surface area contributed by atoms with Crippen molar-refractivity contribution in [3.8, 4) is 0 Å². The normalized spacial score (nSPS) is 32.7. The van der Waals surface area contributed by atoms with E-state index in [0.717, 1.165) is 5.92 Å². The van der Waals surface area contributed by atoms with Gasteiger partial charge in [-0.3, -0.25) is 0 Å². The van der Waals surface area contributed by atoms with E-state index in [-0.39, 0.29) is 0 Å². The zero-order chi connectivity index (χ0) is 15.0. The highest BCUT2D eigenvalue weighted by molar-refractivity contribution is 5.34. The van der Waals surface area contributed by atoms with Crippen molar-refractivity contribution in [1.29, 1.82) is 0 Å². The average molecular weight is 286 g/mol. The molecule has 1 fully saturated rings. The van der Waals surface area contributed by atoms with Crippen molar-refractivity contribution in [2.75, 3.05) is 20.1 Å². The lowest BCUT2D eigenvalue weighted by atomic mass is 9.69. The van der Waals surface area contributed by atoms with E-state index in [4.69, 9.17) is 0 Å². The van der Waals surface area contributed by atoms with Crippen molar-refractivity contribution >= 4 is 0 Å². The number of hydrogen-bond acceptors (Lipinski definition) is 2. The van der Waals surface area contributed by atoms with Gasteiger partial charge >= 0.3 is 0 Å². The molecule has 1 aliphatic heterocycles. The minimum Gasteiger partial charge on any atom is -0.306 e. The fourth-order valence-electron chi connectivity index (χ4n) is 4.20. The van der Waals surface area contributed by atoms with Gasteiger partial charge in [0.1, 0.15) is 0 Å². The number of fused-ring (bicyclic) bond motifs is 1. The molecular formula is C19H30N2. The van der Waals surface area contributed by atoms with Gasteiger partial charge in [-0.25, -0.2) is 0 Å². The van der Waals surface area contributed by atoms with Crippen LogP contribution < -0.4 is 5.32 Å². The largest absolute Gasteiger partial charge is 0.306 e. The number of piperidine rings is 1. The lowest BCUT2D eigenvalue weighted by Gasteiger charge is -2.45. The van der Waals surface area contributed by atoms with E-state index in [9.17, 15) is 0 Å². The third-order valence-corrected chi connectivity index (χ3v) is 5.68. The zero-order valence-electron chi connectivity index (χ0n) is 14.0. The molecule has 2 nitrogen and oxygen atoms in total. The van der Waals surface area contributed by atoms with E-state index in [1.807, 2.05) is 0 Å². The molecule has 3 atom stereocenters. The monoisotopic (exact) mass is 286 g/mol. The van der Waals surface area contributed by atoms with Gasteiger partial charge in [-0.1, -0.05) is 45.0 Å². The molecule has 3 rings (SSSR count). The Morgan fingerprint density at radius 3 is 2.76 bits per heavy atom. The Bertz CT molecular complexity index is 494. The molecule has 0 radical (unpaired) electrons. The molecule has 2 heteroatoms. The molecule has 3 unspecified atom stereocenters. The zero-order valence-corrected chi connectivity index (χ0v) is 14.0. The van der Waals surface area contributed by atoms with E-state index in [0.29, 0.717) is 17.5 Å². The Labute approximate surface area is 129 Å². The van der Waals surface area contributed by atoms with Crippen molar-refractivity contribution in [2.45, 2.75) is 52.1 Å². The molecular weight excluding hydrogens is 256 g/mol. The van der Waals surface area contributed by atoms with E-state index in [1.165, 1.54) is 32.4 Å². The second kappa shape index (κ2) is 5.73. The van der Waals surface area contributed by atoms with Crippen LogP contribution in [0.3, 0.4) is 0 Å². The van der Waals surface area contributed by atoms with Gasteiger partial charge in [0.15, 0.2) is 0 Å². The number of benzene rings is 1. The van der Waals surface area contributed by atoms with Gasteiger partial charge in [-0.15, -0.1) is 0 Å². The highest BCUT2D eigenvalue weighted by atomic mass is 15.1. The second-order valence-electron chi connectivity index (χ2n) is 7.92. The van der Waals surface area contributed by atoms with Crippen LogP contribution in [0.5, 0.6) is 0 Å². The maximum Gasteiger partial charge on any atom is 0.0377 e. The van der Waals surface area contributed by atoms with Crippen molar-refractivity contribution in [1.82, 2.24) is 10.2 Å². The summed E-state index contributed by atoms with van der Waals surface area (Å²) in [4.78, 5) is 2.46. The first-order valence-electron chi connectivity index (χ1n) is 8.50. The van der Waals surface area contributed by atoms with Crippen LogP contribution in [0.4, 0.5) is 0 Å². The standard InChI is InChI=1S/C19H30N2/c1-14-13-21(4)12-10-17(14)20-18-16-8-6-5-7-15(16)9-11-19(18,2)3/h5-8,14,17-18,20H,9-13H2,1-4H3. The number of nitrogens with one attached hydrogen (secondary N) is 1. The minimum atomic E-state index is 0.345. The van der Waals surface area contributed by atoms with Crippen molar-refractivity contribution in [3.05, 3.63) is 35.4 Å². The summed E-state index contributed by atoms with van der Waals surface area (Å²) in [6, 6.07) is 10.2. The number of likely N-dealkylation sites (tertiary alicyclic amines) is 1.